The highest BCUT2D eigenvalue weighted by molar-refractivity contribution is 9.10. The number of hydrogen-bond acceptors (Lipinski definition) is 2. The van der Waals surface area contributed by atoms with Crippen LogP contribution >= 0.6 is 15.9 Å². The van der Waals surface area contributed by atoms with Gasteiger partial charge in [-0.1, -0.05) is 0 Å². The van der Waals surface area contributed by atoms with Gasteiger partial charge in [0.25, 0.3) is 0 Å². The first-order chi connectivity index (χ1) is 7.51. The predicted molar refractivity (Wildman–Crippen MR) is 65.2 cm³/mol. The van der Waals surface area contributed by atoms with Gasteiger partial charge in [0.05, 0.1) is 11.6 Å². The van der Waals surface area contributed by atoms with Gasteiger partial charge in [-0.2, -0.15) is 0 Å². The monoisotopic (exact) mass is 287 g/mol. The quantitative estimate of drug-likeness (QED) is 0.928. The van der Waals surface area contributed by atoms with Crippen molar-refractivity contribution in [2.75, 3.05) is 7.11 Å². The van der Waals surface area contributed by atoms with Crippen LogP contribution in [-0.4, -0.2) is 13.2 Å². The number of methoxy groups -OCH3 is 1. The van der Waals surface area contributed by atoms with Crippen LogP contribution in [0.5, 0.6) is 5.75 Å². The molecule has 16 heavy (non-hydrogen) atoms. The number of nitrogens with two attached hydrogens (primary N) is 1. The van der Waals surface area contributed by atoms with Crippen molar-refractivity contribution in [3.8, 4) is 5.75 Å². The third kappa shape index (κ3) is 1.74. The van der Waals surface area contributed by atoms with Gasteiger partial charge in [0.2, 0.25) is 0 Å². The summed E-state index contributed by atoms with van der Waals surface area (Å²) in [6.45, 7) is 2.00. The van der Waals surface area contributed by atoms with Crippen molar-refractivity contribution in [2.24, 2.45) is 5.73 Å². The highest BCUT2D eigenvalue weighted by Gasteiger charge is 2.47. The summed E-state index contributed by atoms with van der Waals surface area (Å²) in [5.74, 6) is -0.0805. The summed E-state index contributed by atoms with van der Waals surface area (Å²) < 4.78 is 19.1. The molecule has 1 unspecified atom stereocenters. The molecular formula is C12H15BrFNO. The Morgan fingerprint density at radius 2 is 2.12 bits per heavy atom. The van der Waals surface area contributed by atoms with Crippen LogP contribution in [0.3, 0.4) is 0 Å². The third-order valence-electron chi connectivity index (χ3n) is 3.45. The van der Waals surface area contributed by atoms with Crippen LogP contribution < -0.4 is 10.5 Å². The molecule has 4 heteroatoms. The minimum absolute atomic E-state index is 0.0174. The van der Waals surface area contributed by atoms with E-state index in [1.54, 1.807) is 6.07 Å². The van der Waals surface area contributed by atoms with Crippen LogP contribution in [-0.2, 0) is 5.41 Å². The molecule has 0 bridgehead atoms. The fourth-order valence-corrected chi connectivity index (χ4v) is 2.58. The molecule has 2 nitrogen and oxygen atoms in total. The first-order valence-electron chi connectivity index (χ1n) is 5.30. The maximum atomic E-state index is 13.6. The fraction of sp³-hybridized carbons (Fsp3) is 0.500. The van der Waals surface area contributed by atoms with Gasteiger partial charge in [0.1, 0.15) is 0 Å². The van der Waals surface area contributed by atoms with Crippen LogP contribution in [0, 0.1) is 5.82 Å². The lowest BCUT2D eigenvalue weighted by Crippen LogP contribution is -2.31. The number of benzene rings is 1. The minimum atomic E-state index is -0.355. The first-order valence-corrected chi connectivity index (χ1v) is 6.09. The molecule has 88 valence electrons. The second-order valence-electron chi connectivity index (χ2n) is 4.42. The lowest BCUT2D eigenvalue weighted by atomic mass is 9.89. The van der Waals surface area contributed by atoms with E-state index in [0.29, 0.717) is 4.47 Å². The summed E-state index contributed by atoms with van der Waals surface area (Å²) in [5.41, 5.74) is 7.07. The third-order valence-corrected chi connectivity index (χ3v) is 4.03. The number of rotatable bonds is 3. The van der Waals surface area contributed by atoms with E-state index in [9.17, 15) is 4.39 Å². The molecule has 1 fully saturated rings. The average molecular weight is 288 g/mol. The van der Waals surface area contributed by atoms with Crippen molar-refractivity contribution >= 4 is 15.9 Å². The Bertz CT molecular complexity index is 416. The Hall–Kier alpha value is -0.610. The Balaban J connectivity index is 2.47. The molecule has 1 aliphatic carbocycles. The molecule has 0 saturated heterocycles. The van der Waals surface area contributed by atoms with Crippen LogP contribution in [0.25, 0.3) is 0 Å². The lowest BCUT2D eigenvalue weighted by Gasteiger charge is -2.21. The molecule has 1 aromatic carbocycles. The second kappa shape index (κ2) is 4.00. The summed E-state index contributed by atoms with van der Waals surface area (Å²) in [6, 6.07) is 3.65. The fourth-order valence-electron chi connectivity index (χ4n) is 2.14. The van der Waals surface area contributed by atoms with E-state index in [2.05, 4.69) is 15.9 Å². The molecule has 1 aliphatic rings. The highest BCUT2D eigenvalue weighted by atomic mass is 79.9. The van der Waals surface area contributed by atoms with Gasteiger partial charge in [-0.05, 0) is 53.4 Å². The van der Waals surface area contributed by atoms with E-state index >= 15 is 0 Å². The van der Waals surface area contributed by atoms with Crippen molar-refractivity contribution in [3.05, 3.63) is 28.0 Å². The van der Waals surface area contributed by atoms with Crippen LogP contribution in [0.4, 0.5) is 4.39 Å². The zero-order chi connectivity index (χ0) is 11.9. The minimum Gasteiger partial charge on any atom is -0.494 e. The normalized spacial score (nSPS) is 19.3. The summed E-state index contributed by atoms with van der Waals surface area (Å²) in [4.78, 5) is 0. The molecule has 1 atom stereocenters. The van der Waals surface area contributed by atoms with Crippen LogP contribution in [0.1, 0.15) is 25.3 Å². The predicted octanol–water partition coefficient (Wildman–Crippen LogP) is 2.98. The van der Waals surface area contributed by atoms with Crippen molar-refractivity contribution in [1.29, 1.82) is 0 Å². The Morgan fingerprint density at radius 3 is 2.56 bits per heavy atom. The second-order valence-corrected chi connectivity index (χ2v) is 5.27. The molecule has 0 aliphatic heterocycles. The summed E-state index contributed by atoms with van der Waals surface area (Å²) >= 11 is 3.21. The average Bonchev–Trinajstić information content (AvgIpc) is 3.02. The van der Waals surface area contributed by atoms with Gasteiger partial charge in [0.15, 0.2) is 11.6 Å². The standard InChI is InChI=1S/C12H15BrFNO/c1-7(15)12(3-4-12)8-5-9(13)11(14)10(6-8)16-2/h5-7H,3-4,15H2,1-2H3. The van der Waals surface area contributed by atoms with Crippen LogP contribution in [0.2, 0.25) is 0 Å². The smallest absolute Gasteiger partial charge is 0.179 e. The Morgan fingerprint density at radius 1 is 1.50 bits per heavy atom. The molecular weight excluding hydrogens is 273 g/mol. The lowest BCUT2D eigenvalue weighted by molar-refractivity contribution is 0.383. The number of ether oxygens (including phenoxy) is 1. The maximum Gasteiger partial charge on any atom is 0.179 e. The molecule has 2 N–H and O–H groups in total. The van der Waals surface area contributed by atoms with Gasteiger partial charge in [-0.25, -0.2) is 4.39 Å². The maximum absolute atomic E-state index is 13.6. The Kier molecular flexibility index (Phi) is 2.97. The SMILES string of the molecule is COc1cc(C2(C(C)N)CC2)cc(Br)c1F. The molecule has 2 rings (SSSR count). The van der Waals surface area contributed by atoms with Crippen molar-refractivity contribution < 1.29 is 9.13 Å². The first kappa shape index (κ1) is 11.9. The zero-order valence-corrected chi connectivity index (χ0v) is 11.0. The zero-order valence-electron chi connectivity index (χ0n) is 9.39. The van der Waals surface area contributed by atoms with Gasteiger partial charge in [0, 0.05) is 11.5 Å². The van der Waals surface area contributed by atoms with E-state index in [4.69, 9.17) is 10.5 Å². The van der Waals surface area contributed by atoms with Crippen LogP contribution in [0.15, 0.2) is 16.6 Å². The molecule has 0 radical (unpaired) electrons. The molecule has 0 amide bonds. The van der Waals surface area contributed by atoms with Crippen molar-refractivity contribution in [1.82, 2.24) is 0 Å². The molecule has 0 spiro atoms. The number of hydrogen-bond donors (Lipinski definition) is 1. The summed E-state index contributed by atoms with van der Waals surface area (Å²) in [7, 11) is 1.47. The molecule has 0 aromatic heterocycles. The molecule has 0 heterocycles. The highest BCUT2D eigenvalue weighted by Crippen LogP contribution is 2.51. The van der Waals surface area contributed by atoms with E-state index in [0.717, 1.165) is 18.4 Å². The molecule has 1 saturated carbocycles. The largest absolute Gasteiger partial charge is 0.494 e. The van der Waals surface area contributed by atoms with Crippen molar-refractivity contribution in [3.63, 3.8) is 0 Å². The van der Waals surface area contributed by atoms with Gasteiger partial charge >= 0.3 is 0 Å². The Labute approximate surface area is 103 Å². The molecule has 1 aromatic rings. The number of halogens is 2. The van der Waals surface area contributed by atoms with Gasteiger partial charge in [-0.3, -0.25) is 0 Å². The summed E-state index contributed by atoms with van der Waals surface area (Å²) in [6.07, 6.45) is 2.12. The van der Waals surface area contributed by atoms with Gasteiger partial charge in [-0.15, -0.1) is 0 Å². The van der Waals surface area contributed by atoms with Crippen molar-refractivity contribution in [2.45, 2.75) is 31.2 Å². The van der Waals surface area contributed by atoms with E-state index in [1.165, 1.54) is 7.11 Å². The van der Waals surface area contributed by atoms with E-state index in [1.807, 2.05) is 13.0 Å². The van der Waals surface area contributed by atoms with E-state index in [-0.39, 0.29) is 23.0 Å². The summed E-state index contributed by atoms with van der Waals surface area (Å²) in [5, 5.41) is 0. The van der Waals surface area contributed by atoms with E-state index < -0.39 is 0 Å². The van der Waals surface area contributed by atoms with Gasteiger partial charge < -0.3 is 10.5 Å². The topological polar surface area (TPSA) is 35.2 Å².